The van der Waals surface area contributed by atoms with E-state index in [1.807, 2.05) is 11.9 Å². The number of hydrogen-bond donors (Lipinski definition) is 0. The first-order chi connectivity index (χ1) is 9.27. The maximum Gasteiger partial charge on any atom is 0.225 e. The monoisotopic (exact) mass is 266 g/mol. The van der Waals surface area contributed by atoms with Crippen LogP contribution in [0.15, 0.2) is 0 Å². The van der Waals surface area contributed by atoms with Gasteiger partial charge in [-0.2, -0.15) is 0 Å². The van der Waals surface area contributed by atoms with E-state index >= 15 is 0 Å². The van der Waals surface area contributed by atoms with Gasteiger partial charge < -0.3 is 9.80 Å². The summed E-state index contributed by atoms with van der Waals surface area (Å²) in [6.07, 6.45) is 11.6. The number of unbranched alkanes of at least 4 members (excludes halogenated alkanes) is 3. The van der Waals surface area contributed by atoms with Crippen molar-refractivity contribution in [3.63, 3.8) is 0 Å². The van der Waals surface area contributed by atoms with Gasteiger partial charge in [0.15, 0.2) is 0 Å². The van der Waals surface area contributed by atoms with Gasteiger partial charge in [-0.25, -0.2) is 0 Å². The molecule has 0 aromatic carbocycles. The summed E-state index contributed by atoms with van der Waals surface area (Å²) < 4.78 is 0. The van der Waals surface area contributed by atoms with Crippen LogP contribution in [0.2, 0.25) is 0 Å². The molecular weight excluding hydrogens is 236 g/mol. The van der Waals surface area contributed by atoms with E-state index in [2.05, 4.69) is 4.90 Å². The predicted octanol–water partition coefficient (Wildman–Crippen LogP) is 2.90. The largest absolute Gasteiger partial charge is 0.346 e. The molecule has 19 heavy (non-hydrogen) atoms. The lowest BCUT2D eigenvalue weighted by atomic mass is 10.1. The molecule has 0 atom stereocenters. The molecule has 0 aromatic heterocycles. The van der Waals surface area contributed by atoms with Gasteiger partial charge in [-0.3, -0.25) is 4.79 Å². The van der Waals surface area contributed by atoms with E-state index < -0.39 is 0 Å². The highest BCUT2D eigenvalue weighted by atomic mass is 16.2. The molecule has 1 aliphatic carbocycles. The van der Waals surface area contributed by atoms with Gasteiger partial charge in [-0.1, -0.05) is 19.3 Å². The molecule has 1 saturated heterocycles. The van der Waals surface area contributed by atoms with Crippen molar-refractivity contribution in [2.24, 2.45) is 5.92 Å². The van der Waals surface area contributed by atoms with Crippen LogP contribution in [0.5, 0.6) is 0 Å². The Morgan fingerprint density at radius 2 is 1.74 bits per heavy atom. The summed E-state index contributed by atoms with van der Waals surface area (Å²) in [7, 11) is 1.97. The van der Waals surface area contributed by atoms with Crippen LogP contribution in [-0.4, -0.2) is 48.9 Å². The van der Waals surface area contributed by atoms with E-state index in [-0.39, 0.29) is 0 Å². The Balaban J connectivity index is 1.42. The van der Waals surface area contributed by atoms with Gasteiger partial charge >= 0.3 is 0 Å². The average molecular weight is 266 g/mol. The third kappa shape index (κ3) is 5.52. The summed E-state index contributed by atoms with van der Waals surface area (Å²) in [6, 6.07) is 0. The van der Waals surface area contributed by atoms with Crippen LogP contribution in [0.4, 0.5) is 0 Å². The van der Waals surface area contributed by atoms with Crippen LogP contribution in [0.25, 0.3) is 0 Å². The number of carbonyl (C=O) groups is 1. The highest BCUT2D eigenvalue weighted by Crippen LogP contribution is 2.30. The van der Waals surface area contributed by atoms with Gasteiger partial charge in [0.1, 0.15) is 0 Å². The molecule has 0 unspecified atom stereocenters. The van der Waals surface area contributed by atoms with E-state index in [0.717, 1.165) is 19.4 Å². The van der Waals surface area contributed by atoms with Gasteiger partial charge in [-0.05, 0) is 58.2 Å². The van der Waals surface area contributed by atoms with Crippen LogP contribution in [0.1, 0.15) is 57.8 Å². The number of nitrogens with zero attached hydrogens (tertiary/aromatic N) is 2. The second-order valence-corrected chi connectivity index (χ2v) is 6.35. The minimum Gasteiger partial charge on any atom is -0.346 e. The molecule has 0 radical (unpaired) electrons. The Hall–Kier alpha value is -0.570. The Labute approximate surface area is 118 Å². The molecule has 1 aliphatic heterocycles. The first-order valence-corrected chi connectivity index (χ1v) is 8.25. The quantitative estimate of drug-likeness (QED) is 0.631. The Bertz CT molecular complexity index is 270. The second kappa shape index (κ2) is 7.88. The molecule has 2 rings (SSSR count). The maximum absolute atomic E-state index is 11.8. The fraction of sp³-hybridized carbons (Fsp3) is 0.938. The molecule has 3 heteroatoms. The third-order valence-electron chi connectivity index (χ3n) is 4.47. The topological polar surface area (TPSA) is 23.6 Å². The zero-order chi connectivity index (χ0) is 13.5. The fourth-order valence-electron chi connectivity index (χ4n) is 2.97. The van der Waals surface area contributed by atoms with Crippen molar-refractivity contribution in [1.29, 1.82) is 0 Å². The smallest absolute Gasteiger partial charge is 0.225 e. The molecule has 3 nitrogen and oxygen atoms in total. The van der Waals surface area contributed by atoms with Crippen molar-refractivity contribution >= 4 is 5.91 Å². The molecule has 2 fully saturated rings. The molecule has 110 valence electrons. The Morgan fingerprint density at radius 1 is 1.05 bits per heavy atom. The number of carbonyl (C=O) groups excluding carboxylic acids is 1. The van der Waals surface area contributed by atoms with Crippen molar-refractivity contribution in [3.8, 4) is 0 Å². The summed E-state index contributed by atoms with van der Waals surface area (Å²) in [5.41, 5.74) is 0. The summed E-state index contributed by atoms with van der Waals surface area (Å²) in [5, 5.41) is 0. The number of rotatable bonds is 8. The lowest BCUT2D eigenvalue weighted by Crippen LogP contribution is -2.30. The summed E-state index contributed by atoms with van der Waals surface area (Å²) in [5.74, 6) is 0.761. The van der Waals surface area contributed by atoms with Crippen LogP contribution in [-0.2, 0) is 4.79 Å². The zero-order valence-corrected chi connectivity index (χ0v) is 12.6. The molecule has 1 heterocycles. The lowest BCUT2D eigenvalue weighted by Gasteiger charge is -2.26. The SMILES string of the molecule is CN(CCCCCCN1CCCCC1)C(=O)C1CC1. The highest BCUT2D eigenvalue weighted by Gasteiger charge is 2.31. The van der Waals surface area contributed by atoms with Gasteiger partial charge in [0.05, 0.1) is 0 Å². The van der Waals surface area contributed by atoms with Crippen molar-refractivity contribution in [2.75, 3.05) is 33.2 Å². The van der Waals surface area contributed by atoms with Crippen molar-refractivity contribution in [3.05, 3.63) is 0 Å². The van der Waals surface area contributed by atoms with Crippen LogP contribution in [0, 0.1) is 5.92 Å². The normalized spacial score (nSPS) is 20.5. The van der Waals surface area contributed by atoms with Gasteiger partial charge in [0, 0.05) is 19.5 Å². The third-order valence-corrected chi connectivity index (χ3v) is 4.47. The van der Waals surface area contributed by atoms with E-state index in [9.17, 15) is 4.79 Å². The summed E-state index contributed by atoms with van der Waals surface area (Å²) in [6.45, 7) is 4.88. The van der Waals surface area contributed by atoms with Crippen molar-refractivity contribution < 1.29 is 4.79 Å². The molecule has 0 bridgehead atoms. The molecule has 0 spiro atoms. The van der Waals surface area contributed by atoms with Crippen molar-refractivity contribution in [2.45, 2.75) is 57.8 Å². The highest BCUT2D eigenvalue weighted by molar-refractivity contribution is 5.80. The maximum atomic E-state index is 11.8. The molecule has 2 aliphatic rings. The first kappa shape index (κ1) is 14.8. The van der Waals surface area contributed by atoms with E-state index in [4.69, 9.17) is 0 Å². The van der Waals surface area contributed by atoms with Gasteiger partial charge in [0.2, 0.25) is 5.91 Å². The van der Waals surface area contributed by atoms with Crippen LogP contribution < -0.4 is 0 Å². The second-order valence-electron chi connectivity index (χ2n) is 6.35. The molecule has 1 saturated carbocycles. The minimum absolute atomic E-state index is 0.379. The average Bonchev–Trinajstić information content (AvgIpc) is 3.27. The lowest BCUT2D eigenvalue weighted by molar-refractivity contribution is -0.131. The Morgan fingerprint density at radius 3 is 2.42 bits per heavy atom. The molecule has 0 aromatic rings. The standard InChI is InChI=1S/C16H30N2O/c1-17(16(19)15-9-10-15)11-5-2-3-6-12-18-13-7-4-8-14-18/h15H,2-14H2,1H3. The summed E-state index contributed by atoms with van der Waals surface area (Å²) in [4.78, 5) is 16.3. The Kier molecular flexibility index (Phi) is 6.15. The van der Waals surface area contributed by atoms with E-state index in [0.29, 0.717) is 11.8 Å². The van der Waals surface area contributed by atoms with Gasteiger partial charge in [-0.15, -0.1) is 0 Å². The number of amides is 1. The number of hydrogen-bond acceptors (Lipinski definition) is 2. The fourth-order valence-corrected chi connectivity index (χ4v) is 2.97. The summed E-state index contributed by atoms with van der Waals surface area (Å²) >= 11 is 0. The van der Waals surface area contributed by atoms with Gasteiger partial charge in [0.25, 0.3) is 0 Å². The zero-order valence-electron chi connectivity index (χ0n) is 12.6. The molecule has 1 amide bonds. The number of piperidine rings is 1. The molecular formula is C16H30N2O. The molecule has 0 N–H and O–H groups in total. The first-order valence-electron chi connectivity index (χ1n) is 8.25. The minimum atomic E-state index is 0.379. The van der Waals surface area contributed by atoms with Crippen LogP contribution in [0.3, 0.4) is 0 Å². The van der Waals surface area contributed by atoms with Crippen molar-refractivity contribution in [1.82, 2.24) is 9.80 Å². The predicted molar refractivity (Wildman–Crippen MR) is 79.1 cm³/mol. The van der Waals surface area contributed by atoms with E-state index in [1.54, 1.807) is 0 Å². The van der Waals surface area contributed by atoms with E-state index in [1.165, 1.54) is 64.6 Å². The number of likely N-dealkylation sites (tertiary alicyclic amines) is 1. The van der Waals surface area contributed by atoms with Crippen LogP contribution >= 0.6 is 0 Å².